The van der Waals surface area contributed by atoms with Crippen LogP contribution in [-0.4, -0.2) is 39.6 Å². The van der Waals surface area contributed by atoms with Gasteiger partial charge < -0.3 is 9.47 Å². The molecular weight excluding hydrogens is 662 g/mol. The van der Waals surface area contributed by atoms with Gasteiger partial charge in [0.25, 0.3) is 0 Å². The van der Waals surface area contributed by atoms with Crippen LogP contribution in [0.4, 0.5) is 0 Å². The summed E-state index contributed by atoms with van der Waals surface area (Å²) in [7, 11) is 0. The van der Waals surface area contributed by atoms with Gasteiger partial charge in [0.05, 0.1) is 10.0 Å². The van der Waals surface area contributed by atoms with Crippen molar-refractivity contribution < 1.29 is 9.47 Å². The minimum Gasteiger partial charge on any atom is -0.484 e. The molecule has 0 saturated heterocycles. The van der Waals surface area contributed by atoms with E-state index in [1.165, 1.54) is 22.7 Å². The van der Waals surface area contributed by atoms with Crippen molar-refractivity contribution in [1.82, 2.24) is 39.6 Å². The third-order valence-electron chi connectivity index (χ3n) is 5.99. The minimum absolute atomic E-state index is 0.0682. The second-order valence-corrected chi connectivity index (χ2v) is 12.3. The molecule has 7 rings (SSSR count). The van der Waals surface area contributed by atoms with Crippen molar-refractivity contribution in [2.24, 2.45) is 0 Å². The zero-order valence-corrected chi connectivity index (χ0v) is 25.6. The lowest BCUT2D eigenvalue weighted by molar-refractivity contribution is 0.284. The van der Waals surface area contributed by atoms with Crippen molar-refractivity contribution in [3.05, 3.63) is 92.4 Å². The lowest BCUT2D eigenvalue weighted by Crippen LogP contribution is -2.04. The van der Waals surface area contributed by atoms with Crippen LogP contribution in [0.5, 0.6) is 11.5 Å². The SMILES string of the molecule is Clc1ccc(-c2nn3c(COc4cc(Cl)c(OCc5nnc6sc(-c7ccc(Cl)cc7)nn56)cc4Cl)nnc3s2)cc1. The Kier molecular flexibility index (Phi) is 7.34. The van der Waals surface area contributed by atoms with Crippen LogP contribution in [0.3, 0.4) is 0 Å². The average Bonchev–Trinajstić information content (AvgIpc) is 3.75. The van der Waals surface area contributed by atoms with Gasteiger partial charge in [-0.1, -0.05) is 93.3 Å². The topological polar surface area (TPSA) is 105 Å². The van der Waals surface area contributed by atoms with Crippen molar-refractivity contribution in [2.75, 3.05) is 0 Å². The number of halogens is 4. The van der Waals surface area contributed by atoms with Crippen molar-refractivity contribution in [3.8, 4) is 32.6 Å². The predicted octanol–water partition coefficient (Wildman–Crippen LogP) is 7.79. The Morgan fingerprint density at radius 1 is 0.571 bits per heavy atom. The van der Waals surface area contributed by atoms with Gasteiger partial charge in [-0.15, -0.1) is 20.4 Å². The smallest absolute Gasteiger partial charge is 0.235 e. The van der Waals surface area contributed by atoms with Crippen LogP contribution in [0, 0.1) is 0 Å². The highest BCUT2D eigenvalue weighted by atomic mass is 35.5. The molecule has 3 aromatic carbocycles. The van der Waals surface area contributed by atoms with E-state index in [1.54, 1.807) is 21.2 Å². The van der Waals surface area contributed by atoms with Crippen molar-refractivity contribution in [2.45, 2.75) is 13.2 Å². The van der Waals surface area contributed by atoms with Crippen LogP contribution in [-0.2, 0) is 13.2 Å². The first kappa shape index (κ1) is 27.3. The molecular formula is C26H14Cl4N8O2S2. The van der Waals surface area contributed by atoms with E-state index in [0.29, 0.717) is 53.2 Å². The molecule has 0 bridgehead atoms. The van der Waals surface area contributed by atoms with E-state index in [0.717, 1.165) is 21.1 Å². The van der Waals surface area contributed by atoms with Gasteiger partial charge in [-0.05, 0) is 24.3 Å². The molecule has 42 heavy (non-hydrogen) atoms. The van der Waals surface area contributed by atoms with Crippen LogP contribution in [0.25, 0.3) is 31.1 Å². The lowest BCUT2D eigenvalue weighted by Gasteiger charge is -2.11. The van der Waals surface area contributed by atoms with Gasteiger partial charge in [0, 0.05) is 33.3 Å². The van der Waals surface area contributed by atoms with E-state index in [2.05, 4.69) is 30.6 Å². The molecule has 0 aliphatic rings. The third-order valence-corrected chi connectivity index (χ3v) is 8.98. The Morgan fingerprint density at radius 2 is 0.976 bits per heavy atom. The average molecular weight is 676 g/mol. The predicted molar refractivity (Wildman–Crippen MR) is 163 cm³/mol. The fourth-order valence-electron chi connectivity index (χ4n) is 3.93. The summed E-state index contributed by atoms with van der Waals surface area (Å²) in [5.74, 6) is 1.73. The number of nitrogens with zero attached hydrogens (tertiary/aromatic N) is 8. The molecule has 210 valence electrons. The van der Waals surface area contributed by atoms with E-state index in [-0.39, 0.29) is 13.2 Å². The van der Waals surface area contributed by atoms with E-state index < -0.39 is 0 Å². The van der Waals surface area contributed by atoms with E-state index in [9.17, 15) is 0 Å². The summed E-state index contributed by atoms with van der Waals surface area (Å²) >= 11 is 27.8. The molecule has 0 spiro atoms. The van der Waals surface area contributed by atoms with Crippen molar-refractivity contribution in [1.29, 1.82) is 0 Å². The molecule has 10 nitrogen and oxygen atoms in total. The molecule has 7 aromatic rings. The third kappa shape index (κ3) is 5.37. The van der Waals surface area contributed by atoms with Crippen molar-refractivity contribution >= 4 is 79.0 Å². The molecule has 0 aliphatic carbocycles. The summed E-state index contributed by atoms with van der Waals surface area (Å²) < 4.78 is 15.1. The maximum Gasteiger partial charge on any atom is 0.235 e. The normalized spacial score (nSPS) is 11.5. The summed E-state index contributed by atoms with van der Waals surface area (Å²) in [6.07, 6.45) is 0. The molecule has 0 saturated carbocycles. The molecule has 4 aromatic heterocycles. The quantitative estimate of drug-likeness (QED) is 0.161. The number of benzene rings is 3. The Hall–Kier alpha value is -3.52. The maximum absolute atomic E-state index is 6.51. The highest BCUT2D eigenvalue weighted by Gasteiger charge is 2.17. The Bertz CT molecular complexity index is 1910. The Balaban J connectivity index is 1.04. The summed E-state index contributed by atoms with van der Waals surface area (Å²) in [6, 6.07) is 18.0. The summed E-state index contributed by atoms with van der Waals surface area (Å²) in [5.41, 5.74) is 1.85. The largest absolute Gasteiger partial charge is 0.484 e. The van der Waals surface area contributed by atoms with E-state index in [4.69, 9.17) is 55.9 Å². The molecule has 0 fully saturated rings. The number of hydrogen-bond donors (Lipinski definition) is 0. The number of rotatable bonds is 8. The first-order chi connectivity index (χ1) is 20.4. The second-order valence-electron chi connectivity index (χ2n) is 8.74. The zero-order valence-electron chi connectivity index (χ0n) is 20.9. The number of ether oxygens (including phenoxy) is 2. The van der Waals surface area contributed by atoms with Gasteiger partial charge in [0.1, 0.15) is 34.7 Å². The Morgan fingerprint density at radius 3 is 1.38 bits per heavy atom. The first-order valence-corrected chi connectivity index (χ1v) is 15.2. The van der Waals surface area contributed by atoms with Crippen LogP contribution in [0.15, 0.2) is 60.7 Å². The van der Waals surface area contributed by atoms with Gasteiger partial charge >= 0.3 is 0 Å². The van der Waals surface area contributed by atoms with Gasteiger partial charge in [0.2, 0.25) is 9.92 Å². The number of aromatic nitrogens is 8. The number of fused-ring (bicyclic) bond motifs is 2. The van der Waals surface area contributed by atoms with Crippen molar-refractivity contribution in [3.63, 3.8) is 0 Å². The van der Waals surface area contributed by atoms with Gasteiger partial charge in [-0.3, -0.25) is 0 Å². The summed E-state index contributed by atoms with van der Waals surface area (Å²) in [4.78, 5) is 1.27. The fraction of sp³-hybridized carbons (Fsp3) is 0.0769. The maximum atomic E-state index is 6.51. The standard InChI is InChI=1S/C26H14Cl4N8O2S2/c27-15-5-1-13(2-6-15)23-35-37-21(31-33-25(37)41-23)11-39-19-9-18(30)20(10-17(19)29)40-12-22-32-34-26-38(22)36-24(42-26)14-3-7-16(28)8-4-14/h1-10H,11-12H2. The molecule has 0 aliphatic heterocycles. The van der Waals surface area contributed by atoms with Crippen LogP contribution in [0.2, 0.25) is 20.1 Å². The molecule has 0 amide bonds. The van der Waals surface area contributed by atoms with Crippen LogP contribution in [0.1, 0.15) is 11.6 Å². The summed E-state index contributed by atoms with van der Waals surface area (Å²) in [5, 5.41) is 29.5. The second kappa shape index (κ2) is 11.3. The molecule has 0 unspecified atom stereocenters. The zero-order chi connectivity index (χ0) is 28.8. The first-order valence-electron chi connectivity index (χ1n) is 12.1. The lowest BCUT2D eigenvalue weighted by atomic mass is 10.2. The molecule has 16 heteroatoms. The molecule has 4 heterocycles. The minimum atomic E-state index is 0.0682. The van der Waals surface area contributed by atoms with Crippen LogP contribution < -0.4 is 9.47 Å². The molecule has 0 atom stereocenters. The molecule has 0 N–H and O–H groups in total. The van der Waals surface area contributed by atoms with E-state index in [1.807, 2.05) is 48.5 Å². The summed E-state index contributed by atoms with van der Waals surface area (Å²) in [6.45, 7) is 0.136. The fourth-order valence-corrected chi connectivity index (χ4v) is 6.33. The van der Waals surface area contributed by atoms with Gasteiger partial charge in [-0.2, -0.15) is 19.2 Å². The van der Waals surface area contributed by atoms with Gasteiger partial charge in [-0.25, -0.2) is 0 Å². The Labute approximate surface area is 265 Å². The monoisotopic (exact) mass is 674 g/mol. The van der Waals surface area contributed by atoms with Gasteiger partial charge in [0.15, 0.2) is 11.6 Å². The highest BCUT2D eigenvalue weighted by molar-refractivity contribution is 7.20. The van der Waals surface area contributed by atoms with Crippen LogP contribution >= 0.6 is 69.1 Å². The number of hydrogen-bond acceptors (Lipinski definition) is 10. The molecule has 0 radical (unpaired) electrons. The highest BCUT2D eigenvalue weighted by Crippen LogP contribution is 2.37. The van der Waals surface area contributed by atoms with E-state index >= 15 is 0 Å².